The smallest absolute Gasteiger partial charge is 0.276 e. The number of hydrogen-bond acceptors (Lipinski definition) is 5. The number of ether oxygens (including phenoxy) is 2. The third-order valence-corrected chi connectivity index (χ3v) is 5.09. The minimum Gasteiger partial charge on any atom is -0.497 e. The molecule has 2 aromatic rings. The Hall–Kier alpha value is -2.54. The fourth-order valence-corrected chi connectivity index (χ4v) is 3.07. The van der Waals surface area contributed by atoms with Crippen LogP contribution in [0.2, 0.25) is 0 Å². The predicted molar refractivity (Wildman–Crippen MR) is 103 cm³/mol. The number of sulfonamides is 1. The standard InChI is InChI=1S/C19H24N2O4S/c1-19(2,3)15-7-10-17(11-8-15)26(22,23)21-20-13-14-6-9-16(24-4)12-18(14)25-5/h6-13,21H,1-5H3/b20-13+. The molecule has 0 radical (unpaired) electrons. The molecule has 2 rings (SSSR count). The molecule has 0 aliphatic rings. The lowest BCUT2D eigenvalue weighted by atomic mass is 9.87. The lowest BCUT2D eigenvalue weighted by Crippen LogP contribution is -2.19. The molecule has 0 saturated carbocycles. The Morgan fingerprint density at radius 1 is 1.00 bits per heavy atom. The van der Waals surface area contributed by atoms with Gasteiger partial charge in [-0.3, -0.25) is 0 Å². The second kappa shape index (κ2) is 7.78. The van der Waals surface area contributed by atoms with Crippen molar-refractivity contribution in [3.8, 4) is 11.5 Å². The van der Waals surface area contributed by atoms with E-state index in [1.807, 2.05) is 12.1 Å². The maximum absolute atomic E-state index is 12.4. The van der Waals surface area contributed by atoms with Crippen LogP contribution in [0.15, 0.2) is 52.5 Å². The summed E-state index contributed by atoms with van der Waals surface area (Å²) in [7, 11) is -0.660. The Labute approximate surface area is 154 Å². The fourth-order valence-electron chi connectivity index (χ4n) is 2.28. The molecule has 7 heteroatoms. The van der Waals surface area contributed by atoms with Gasteiger partial charge in [0.2, 0.25) is 0 Å². The molecule has 140 valence electrons. The van der Waals surface area contributed by atoms with Crippen LogP contribution in [0.3, 0.4) is 0 Å². The van der Waals surface area contributed by atoms with Crippen molar-refractivity contribution in [3.63, 3.8) is 0 Å². The summed E-state index contributed by atoms with van der Waals surface area (Å²) >= 11 is 0. The summed E-state index contributed by atoms with van der Waals surface area (Å²) < 4.78 is 35.1. The van der Waals surface area contributed by atoms with Crippen molar-refractivity contribution in [1.82, 2.24) is 4.83 Å². The third-order valence-electron chi connectivity index (χ3n) is 3.85. The topological polar surface area (TPSA) is 77.0 Å². The van der Waals surface area contributed by atoms with Gasteiger partial charge in [-0.05, 0) is 35.2 Å². The van der Waals surface area contributed by atoms with Gasteiger partial charge in [-0.2, -0.15) is 13.5 Å². The minimum atomic E-state index is -3.74. The van der Waals surface area contributed by atoms with Gasteiger partial charge in [-0.15, -0.1) is 0 Å². The predicted octanol–water partition coefficient (Wildman–Crippen LogP) is 3.31. The lowest BCUT2D eigenvalue weighted by Gasteiger charge is -2.19. The second-order valence-corrected chi connectivity index (χ2v) is 8.40. The highest BCUT2D eigenvalue weighted by Gasteiger charge is 2.17. The fraction of sp³-hybridized carbons (Fsp3) is 0.316. The molecule has 6 nitrogen and oxygen atoms in total. The zero-order valence-electron chi connectivity index (χ0n) is 15.6. The van der Waals surface area contributed by atoms with E-state index in [2.05, 4.69) is 30.7 Å². The molecule has 0 bridgehead atoms. The summed E-state index contributed by atoms with van der Waals surface area (Å²) in [5, 5.41) is 3.84. The number of rotatable bonds is 6. The Bertz CT molecular complexity index is 883. The van der Waals surface area contributed by atoms with E-state index in [4.69, 9.17) is 9.47 Å². The first kappa shape index (κ1) is 19.8. The van der Waals surface area contributed by atoms with Gasteiger partial charge < -0.3 is 9.47 Å². The van der Waals surface area contributed by atoms with Crippen LogP contribution < -0.4 is 14.3 Å². The number of hydrogen-bond donors (Lipinski definition) is 1. The SMILES string of the molecule is COc1ccc(/C=N/NS(=O)(=O)c2ccc(C(C)(C)C)cc2)c(OC)c1. The summed E-state index contributed by atoms with van der Waals surface area (Å²) in [6.45, 7) is 6.21. The van der Waals surface area contributed by atoms with Crippen LogP contribution >= 0.6 is 0 Å². The first-order valence-corrected chi connectivity index (χ1v) is 9.53. The Balaban J connectivity index is 2.16. The van der Waals surface area contributed by atoms with E-state index in [9.17, 15) is 8.42 Å². The maximum atomic E-state index is 12.4. The van der Waals surface area contributed by atoms with Crippen molar-refractivity contribution >= 4 is 16.2 Å². The molecule has 0 saturated heterocycles. The van der Waals surface area contributed by atoms with Crippen molar-refractivity contribution < 1.29 is 17.9 Å². The van der Waals surface area contributed by atoms with Crippen LogP contribution in [0.1, 0.15) is 31.9 Å². The van der Waals surface area contributed by atoms with Crippen molar-refractivity contribution in [2.45, 2.75) is 31.1 Å². The van der Waals surface area contributed by atoms with Crippen LogP contribution in [-0.4, -0.2) is 28.9 Å². The number of hydrazone groups is 1. The van der Waals surface area contributed by atoms with Crippen molar-refractivity contribution in [1.29, 1.82) is 0 Å². The molecule has 0 atom stereocenters. The average molecular weight is 376 g/mol. The van der Waals surface area contributed by atoms with Crippen molar-refractivity contribution in [2.24, 2.45) is 5.10 Å². The second-order valence-electron chi connectivity index (χ2n) is 6.74. The van der Waals surface area contributed by atoms with Gasteiger partial charge in [-0.25, -0.2) is 4.83 Å². The molecular formula is C19H24N2O4S. The van der Waals surface area contributed by atoms with E-state index in [1.54, 1.807) is 37.4 Å². The molecule has 0 fully saturated rings. The van der Waals surface area contributed by atoms with Crippen LogP contribution in [0.5, 0.6) is 11.5 Å². The molecule has 26 heavy (non-hydrogen) atoms. The van der Waals surface area contributed by atoms with Gasteiger partial charge in [0.05, 0.1) is 25.3 Å². The van der Waals surface area contributed by atoms with E-state index in [0.29, 0.717) is 17.1 Å². The summed E-state index contributed by atoms with van der Waals surface area (Å²) in [5.74, 6) is 1.17. The molecular weight excluding hydrogens is 352 g/mol. The average Bonchev–Trinajstić information content (AvgIpc) is 2.61. The van der Waals surface area contributed by atoms with Crippen LogP contribution in [-0.2, 0) is 15.4 Å². The minimum absolute atomic E-state index is 0.0429. The zero-order chi connectivity index (χ0) is 19.4. The molecule has 0 spiro atoms. The highest BCUT2D eigenvalue weighted by molar-refractivity contribution is 7.89. The lowest BCUT2D eigenvalue weighted by molar-refractivity contribution is 0.394. The number of methoxy groups -OCH3 is 2. The maximum Gasteiger partial charge on any atom is 0.276 e. The summed E-state index contributed by atoms with van der Waals surface area (Å²) in [6, 6.07) is 11.9. The van der Waals surface area contributed by atoms with Gasteiger partial charge in [0.15, 0.2) is 0 Å². The van der Waals surface area contributed by atoms with E-state index < -0.39 is 10.0 Å². The van der Waals surface area contributed by atoms with Crippen LogP contribution in [0.4, 0.5) is 0 Å². The zero-order valence-corrected chi connectivity index (χ0v) is 16.4. The van der Waals surface area contributed by atoms with E-state index in [0.717, 1.165) is 5.56 Å². The third kappa shape index (κ3) is 4.76. The summed E-state index contributed by atoms with van der Waals surface area (Å²) in [5.41, 5.74) is 1.64. The number of benzene rings is 2. The van der Waals surface area contributed by atoms with Crippen LogP contribution in [0, 0.1) is 0 Å². The Morgan fingerprint density at radius 2 is 1.65 bits per heavy atom. The highest BCUT2D eigenvalue weighted by atomic mass is 32.2. The number of nitrogens with zero attached hydrogens (tertiary/aromatic N) is 1. The van der Waals surface area contributed by atoms with E-state index in [-0.39, 0.29) is 10.3 Å². The summed E-state index contributed by atoms with van der Waals surface area (Å²) in [4.78, 5) is 2.37. The molecule has 0 unspecified atom stereocenters. The normalized spacial score (nSPS) is 12.2. The number of nitrogens with one attached hydrogen (secondary N) is 1. The monoisotopic (exact) mass is 376 g/mol. The van der Waals surface area contributed by atoms with Crippen molar-refractivity contribution in [2.75, 3.05) is 14.2 Å². The first-order valence-electron chi connectivity index (χ1n) is 8.05. The molecule has 0 aliphatic heterocycles. The molecule has 2 aromatic carbocycles. The van der Waals surface area contributed by atoms with Gasteiger partial charge in [-0.1, -0.05) is 32.9 Å². The first-order chi connectivity index (χ1) is 12.2. The molecule has 1 N–H and O–H groups in total. The van der Waals surface area contributed by atoms with Gasteiger partial charge in [0.25, 0.3) is 10.0 Å². The largest absolute Gasteiger partial charge is 0.497 e. The summed E-state index contributed by atoms with van der Waals surface area (Å²) in [6.07, 6.45) is 1.39. The molecule has 0 heterocycles. The Morgan fingerprint density at radius 3 is 2.19 bits per heavy atom. The highest BCUT2D eigenvalue weighted by Crippen LogP contribution is 2.24. The van der Waals surface area contributed by atoms with Gasteiger partial charge in [0.1, 0.15) is 11.5 Å². The molecule has 0 aliphatic carbocycles. The van der Waals surface area contributed by atoms with Crippen molar-refractivity contribution in [3.05, 3.63) is 53.6 Å². The Kier molecular flexibility index (Phi) is 5.92. The van der Waals surface area contributed by atoms with E-state index >= 15 is 0 Å². The van der Waals surface area contributed by atoms with Gasteiger partial charge >= 0.3 is 0 Å². The van der Waals surface area contributed by atoms with E-state index in [1.165, 1.54) is 13.3 Å². The van der Waals surface area contributed by atoms with Gasteiger partial charge in [0, 0.05) is 11.6 Å². The molecule has 0 amide bonds. The molecule has 0 aromatic heterocycles. The quantitative estimate of drug-likeness (QED) is 0.620. The van der Waals surface area contributed by atoms with Crippen LogP contribution in [0.25, 0.3) is 0 Å².